The van der Waals surface area contributed by atoms with Gasteiger partial charge < -0.3 is 11.5 Å². The maximum Gasteiger partial charge on any atom is 0.219 e. The lowest BCUT2D eigenvalue weighted by atomic mass is 9.94. The van der Waals surface area contributed by atoms with Crippen LogP contribution in [-0.4, -0.2) is 22.4 Å². The minimum absolute atomic E-state index is 0.0784. The largest absolute Gasteiger partial charge is 0.370 e. The number of amides is 1. The number of hydrogen-bond acceptors (Lipinski definition) is 3. The number of primary amides is 1. The Morgan fingerprint density at radius 2 is 2.42 bits per heavy atom. The molecule has 2 unspecified atom stereocenters. The normalized spacial score (nSPS) is 31.8. The molecule has 4 heteroatoms. The number of carbonyl (C=O) groups is 1. The molecule has 1 fully saturated rings. The van der Waals surface area contributed by atoms with Crippen molar-refractivity contribution >= 4 is 17.7 Å². The van der Waals surface area contributed by atoms with E-state index in [0.29, 0.717) is 6.42 Å². The topological polar surface area (TPSA) is 69.1 Å². The summed E-state index contributed by atoms with van der Waals surface area (Å²) in [5, 5.41) is 0. The summed E-state index contributed by atoms with van der Waals surface area (Å²) in [4.78, 5) is 10.6. The van der Waals surface area contributed by atoms with Gasteiger partial charge >= 0.3 is 0 Å². The van der Waals surface area contributed by atoms with E-state index >= 15 is 0 Å². The standard InChI is InChI=1S/C8H16N2OS/c1-8(3-2-4-12-8)6(9)5-7(10)11/h6H,2-5,9H2,1H3,(H2,10,11). The first-order valence-corrected chi connectivity index (χ1v) is 5.21. The molecule has 1 saturated heterocycles. The van der Waals surface area contributed by atoms with Gasteiger partial charge in [0.25, 0.3) is 0 Å². The molecule has 3 nitrogen and oxygen atoms in total. The highest BCUT2D eigenvalue weighted by Gasteiger charge is 2.36. The zero-order valence-corrected chi connectivity index (χ0v) is 8.19. The molecular formula is C8H16N2OS. The molecule has 0 bridgehead atoms. The fourth-order valence-electron chi connectivity index (χ4n) is 1.53. The van der Waals surface area contributed by atoms with Crippen LogP contribution in [0.15, 0.2) is 0 Å². The number of rotatable bonds is 3. The Morgan fingerprint density at radius 1 is 1.75 bits per heavy atom. The fourth-order valence-corrected chi connectivity index (χ4v) is 2.87. The SMILES string of the molecule is CC1(C(N)CC(N)=O)CCCS1. The van der Waals surface area contributed by atoms with Gasteiger partial charge in [0.05, 0.1) is 0 Å². The van der Waals surface area contributed by atoms with Crippen molar-refractivity contribution in [3.63, 3.8) is 0 Å². The van der Waals surface area contributed by atoms with Gasteiger partial charge in [0.15, 0.2) is 0 Å². The van der Waals surface area contributed by atoms with E-state index in [0.717, 1.165) is 12.2 Å². The molecule has 1 amide bonds. The van der Waals surface area contributed by atoms with Gasteiger partial charge in [-0.1, -0.05) is 0 Å². The van der Waals surface area contributed by atoms with Crippen LogP contribution >= 0.6 is 11.8 Å². The summed E-state index contributed by atoms with van der Waals surface area (Å²) in [6, 6.07) is -0.0810. The molecule has 0 aromatic carbocycles. The third-order valence-electron chi connectivity index (χ3n) is 2.45. The maximum atomic E-state index is 10.6. The van der Waals surface area contributed by atoms with Crippen LogP contribution in [0.2, 0.25) is 0 Å². The maximum absolute atomic E-state index is 10.6. The van der Waals surface area contributed by atoms with Crippen molar-refractivity contribution in [1.82, 2.24) is 0 Å². The number of carbonyl (C=O) groups excluding carboxylic acids is 1. The monoisotopic (exact) mass is 188 g/mol. The van der Waals surface area contributed by atoms with Crippen LogP contribution in [0.25, 0.3) is 0 Å². The van der Waals surface area contributed by atoms with Crippen LogP contribution in [-0.2, 0) is 4.79 Å². The highest BCUT2D eigenvalue weighted by molar-refractivity contribution is 8.00. The second-order valence-corrected chi connectivity index (χ2v) is 5.17. The molecule has 0 aliphatic carbocycles. The van der Waals surface area contributed by atoms with Crippen LogP contribution in [0.1, 0.15) is 26.2 Å². The molecule has 0 radical (unpaired) electrons. The van der Waals surface area contributed by atoms with Crippen molar-refractivity contribution in [2.24, 2.45) is 11.5 Å². The molecule has 4 N–H and O–H groups in total. The summed E-state index contributed by atoms with van der Waals surface area (Å²) in [5.74, 6) is 0.861. The number of nitrogens with two attached hydrogens (primary N) is 2. The summed E-state index contributed by atoms with van der Waals surface area (Å²) in [5.41, 5.74) is 11.0. The van der Waals surface area contributed by atoms with E-state index in [4.69, 9.17) is 11.5 Å². The quantitative estimate of drug-likeness (QED) is 0.676. The van der Waals surface area contributed by atoms with Crippen molar-refractivity contribution in [2.45, 2.75) is 37.0 Å². The molecule has 1 aliphatic heterocycles. The van der Waals surface area contributed by atoms with Crippen LogP contribution < -0.4 is 11.5 Å². The van der Waals surface area contributed by atoms with Crippen molar-refractivity contribution in [2.75, 3.05) is 5.75 Å². The second kappa shape index (κ2) is 3.66. The summed E-state index contributed by atoms with van der Waals surface area (Å²) in [6.07, 6.45) is 2.61. The van der Waals surface area contributed by atoms with E-state index in [-0.39, 0.29) is 16.7 Å². The predicted octanol–water partition coefficient (Wildman–Crippen LogP) is 0.475. The Balaban J connectivity index is 2.49. The Morgan fingerprint density at radius 3 is 2.83 bits per heavy atom. The van der Waals surface area contributed by atoms with Crippen LogP contribution in [0, 0.1) is 0 Å². The van der Waals surface area contributed by atoms with Crippen molar-refractivity contribution in [3.8, 4) is 0 Å². The highest BCUT2D eigenvalue weighted by atomic mass is 32.2. The van der Waals surface area contributed by atoms with Crippen molar-refractivity contribution in [3.05, 3.63) is 0 Å². The van der Waals surface area contributed by atoms with E-state index in [1.165, 1.54) is 6.42 Å². The van der Waals surface area contributed by atoms with E-state index < -0.39 is 0 Å². The van der Waals surface area contributed by atoms with Crippen molar-refractivity contribution in [1.29, 1.82) is 0 Å². The molecule has 0 spiro atoms. The van der Waals surface area contributed by atoms with Gasteiger partial charge in [-0.05, 0) is 25.5 Å². The first kappa shape index (κ1) is 9.86. The second-order valence-electron chi connectivity index (χ2n) is 3.54. The molecule has 70 valence electrons. The lowest BCUT2D eigenvalue weighted by Gasteiger charge is -2.29. The fraction of sp³-hybridized carbons (Fsp3) is 0.875. The lowest BCUT2D eigenvalue weighted by Crippen LogP contribution is -2.43. The lowest BCUT2D eigenvalue weighted by molar-refractivity contribution is -0.118. The Hall–Kier alpha value is -0.220. The number of thioether (sulfide) groups is 1. The summed E-state index contributed by atoms with van der Waals surface area (Å²) in [6.45, 7) is 2.12. The third-order valence-corrected chi connectivity index (χ3v) is 4.11. The third kappa shape index (κ3) is 2.14. The zero-order valence-electron chi connectivity index (χ0n) is 7.38. The minimum atomic E-state index is -0.295. The zero-order chi connectivity index (χ0) is 9.19. The first-order valence-electron chi connectivity index (χ1n) is 4.22. The average molecular weight is 188 g/mol. The van der Waals surface area contributed by atoms with Crippen LogP contribution in [0.5, 0.6) is 0 Å². The Labute approximate surface area is 77.3 Å². The molecule has 0 saturated carbocycles. The van der Waals surface area contributed by atoms with E-state index in [2.05, 4.69) is 6.92 Å². The number of hydrogen-bond donors (Lipinski definition) is 2. The van der Waals surface area contributed by atoms with Crippen LogP contribution in [0.4, 0.5) is 0 Å². The first-order chi connectivity index (χ1) is 5.54. The molecule has 2 atom stereocenters. The Bertz CT molecular complexity index is 178. The van der Waals surface area contributed by atoms with Gasteiger partial charge in [0.1, 0.15) is 0 Å². The van der Waals surface area contributed by atoms with E-state index in [1.54, 1.807) is 0 Å². The van der Waals surface area contributed by atoms with E-state index in [1.807, 2.05) is 11.8 Å². The highest BCUT2D eigenvalue weighted by Crippen LogP contribution is 2.40. The summed E-state index contributed by atoms with van der Waals surface area (Å²) >= 11 is 1.86. The molecule has 0 aromatic heterocycles. The average Bonchev–Trinajstić information content (AvgIpc) is 2.36. The predicted molar refractivity (Wildman–Crippen MR) is 51.9 cm³/mol. The van der Waals surface area contributed by atoms with Crippen LogP contribution in [0.3, 0.4) is 0 Å². The van der Waals surface area contributed by atoms with Gasteiger partial charge in [-0.15, -0.1) is 0 Å². The molecule has 1 heterocycles. The van der Waals surface area contributed by atoms with Gasteiger partial charge in [0, 0.05) is 17.2 Å². The minimum Gasteiger partial charge on any atom is -0.370 e. The molecule has 12 heavy (non-hydrogen) atoms. The molecule has 1 rings (SSSR count). The smallest absolute Gasteiger partial charge is 0.219 e. The molecule has 0 aromatic rings. The summed E-state index contributed by atoms with van der Waals surface area (Å²) in [7, 11) is 0. The van der Waals surface area contributed by atoms with Gasteiger partial charge in [-0.25, -0.2) is 0 Å². The van der Waals surface area contributed by atoms with Crippen molar-refractivity contribution < 1.29 is 4.79 Å². The van der Waals surface area contributed by atoms with E-state index in [9.17, 15) is 4.79 Å². The Kier molecular flexibility index (Phi) is 3.01. The van der Waals surface area contributed by atoms with Gasteiger partial charge in [-0.3, -0.25) is 4.79 Å². The summed E-state index contributed by atoms with van der Waals surface area (Å²) < 4.78 is 0.0784. The van der Waals surface area contributed by atoms with Gasteiger partial charge in [-0.2, -0.15) is 11.8 Å². The van der Waals surface area contributed by atoms with Gasteiger partial charge in [0.2, 0.25) is 5.91 Å². The molecule has 1 aliphatic rings. The molecular weight excluding hydrogens is 172 g/mol.